The van der Waals surface area contributed by atoms with Gasteiger partial charge in [0.15, 0.2) is 34.7 Å². The van der Waals surface area contributed by atoms with Crippen molar-refractivity contribution in [3.05, 3.63) is 30.2 Å². The standard InChI is InChI=1S/C23H26N6O4/c1-13-10-30-28-15(13)8-9-16-18-19(33-23(2,3)32-18)22(31-16)29-12-26-17-20(24-11-25-21(17)29)27-14-6-4-5-7-14/h10-12,14,16,18-19,22H,4-7H2,1-3H3,(H,24,25,27)/t16-,18-,19+,22-/m1/s1. The van der Waals surface area contributed by atoms with Gasteiger partial charge in [0.1, 0.15) is 30.9 Å². The molecule has 10 heteroatoms. The van der Waals surface area contributed by atoms with Gasteiger partial charge in [-0.15, -0.1) is 0 Å². The lowest BCUT2D eigenvalue weighted by Gasteiger charge is -2.23. The lowest BCUT2D eigenvalue weighted by atomic mass is 10.1. The molecule has 3 aromatic heterocycles. The van der Waals surface area contributed by atoms with Gasteiger partial charge >= 0.3 is 0 Å². The summed E-state index contributed by atoms with van der Waals surface area (Å²) >= 11 is 0. The van der Waals surface area contributed by atoms with Gasteiger partial charge in [0.25, 0.3) is 0 Å². The minimum absolute atomic E-state index is 0.361. The highest BCUT2D eigenvalue weighted by Crippen LogP contribution is 2.43. The minimum atomic E-state index is -0.748. The van der Waals surface area contributed by atoms with Crippen LogP contribution >= 0.6 is 0 Å². The fourth-order valence-electron chi connectivity index (χ4n) is 4.87. The van der Waals surface area contributed by atoms with Crippen molar-refractivity contribution < 1.29 is 18.7 Å². The van der Waals surface area contributed by atoms with E-state index < -0.39 is 18.1 Å². The van der Waals surface area contributed by atoms with Crippen molar-refractivity contribution in [3.63, 3.8) is 0 Å². The molecular formula is C23H26N6O4. The third-order valence-electron chi connectivity index (χ3n) is 6.44. The second-order valence-electron chi connectivity index (χ2n) is 9.30. The molecule has 172 valence electrons. The van der Waals surface area contributed by atoms with Crippen LogP contribution in [0.3, 0.4) is 0 Å². The van der Waals surface area contributed by atoms with Crippen molar-refractivity contribution in [2.45, 2.75) is 82.8 Å². The highest BCUT2D eigenvalue weighted by atomic mass is 16.8. The van der Waals surface area contributed by atoms with Crippen LogP contribution in [0.25, 0.3) is 11.2 Å². The van der Waals surface area contributed by atoms with Crippen molar-refractivity contribution in [3.8, 4) is 11.8 Å². The summed E-state index contributed by atoms with van der Waals surface area (Å²) in [6.07, 6.45) is 7.90. The first-order chi connectivity index (χ1) is 16.0. The van der Waals surface area contributed by atoms with Gasteiger partial charge in [-0.3, -0.25) is 4.57 Å². The van der Waals surface area contributed by atoms with Crippen LogP contribution in [0.4, 0.5) is 5.82 Å². The van der Waals surface area contributed by atoms with Gasteiger partial charge in [-0.25, -0.2) is 15.0 Å². The molecular weight excluding hydrogens is 424 g/mol. The van der Waals surface area contributed by atoms with E-state index in [0.29, 0.717) is 17.4 Å². The number of rotatable bonds is 3. The van der Waals surface area contributed by atoms with E-state index in [2.05, 4.69) is 37.3 Å². The van der Waals surface area contributed by atoms with E-state index in [1.165, 1.54) is 12.8 Å². The number of fused-ring (bicyclic) bond motifs is 2. The van der Waals surface area contributed by atoms with E-state index in [9.17, 15) is 0 Å². The van der Waals surface area contributed by atoms with Crippen molar-refractivity contribution >= 4 is 17.0 Å². The molecule has 3 fully saturated rings. The van der Waals surface area contributed by atoms with E-state index in [4.69, 9.17) is 18.7 Å². The van der Waals surface area contributed by atoms with E-state index in [1.54, 1.807) is 18.9 Å². The van der Waals surface area contributed by atoms with Gasteiger partial charge in [0.05, 0.1) is 6.33 Å². The molecule has 0 spiro atoms. The summed E-state index contributed by atoms with van der Waals surface area (Å²) in [7, 11) is 0. The van der Waals surface area contributed by atoms with Crippen LogP contribution in [0.2, 0.25) is 0 Å². The molecule has 6 rings (SSSR count). The lowest BCUT2D eigenvalue weighted by Crippen LogP contribution is -2.28. The molecule has 1 aliphatic carbocycles. The molecule has 0 amide bonds. The Hall–Kier alpha value is -3.00. The fourth-order valence-corrected chi connectivity index (χ4v) is 4.87. The van der Waals surface area contributed by atoms with Crippen LogP contribution < -0.4 is 5.32 Å². The number of ether oxygens (including phenoxy) is 3. The van der Waals surface area contributed by atoms with Crippen LogP contribution in [0.15, 0.2) is 23.4 Å². The zero-order valence-corrected chi connectivity index (χ0v) is 18.8. The molecule has 3 aliphatic rings. The number of anilines is 1. The second-order valence-corrected chi connectivity index (χ2v) is 9.30. The summed E-state index contributed by atoms with van der Waals surface area (Å²) in [6, 6.07) is 0.423. The van der Waals surface area contributed by atoms with Gasteiger partial charge in [-0.2, -0.15) is 0 Å². The Kier molecular flexibility index (Phi) is 4.87. The first-order valence-corrected chi connectivity index (χ1v) is 11.4. The molecule has 4 atom stereocenters. The average Bonchev–Trinajstić information content (AvgIpc) is 3.58. The minimum Gasteiger partial charge on any atom is -0.365 e. The molecule has 0 unspecified atom stereocenters. The van der Waals surface area contributed by atoms with Crippen LogP contribution in [0.1, 0.15) is 57.0 Å². The first-order valence-electron chi connectivity index (χ1n) is 11.4. The molecule has 2 aliphatic heterocycles. The Labute approximate surface area is 191 Å². The third-order valence-corrected chi connectivity index (χ3v) is 6.44. The molecule has 1 saturated carbocycles. The van der Waals surface area contributed by atoms with E-state index in [0.717, 1.165) is 29.7 Å². The maximum atomic E-state index is 6.35. The summed E-state index contributed by atoms with van der Waals surface area (Å²) < 4.78 is 25.6. The van der Waals surface area contributed by atoms with E-state index in [1.807, 2.05) is 25.3 Å². The zero-order chi connectivity index (χ0) is 22.6. The van der Waals surface area contributed by atoms with Crippen molar-refractivity contribution in [1.82, 2.24) is 24.7 Å². The Morgan fingerprint density at radius 1 is 1.12 bits per heavy atom. The maximum absolute atomic E-state index is 6.35. The monoisotopic (exact) mass is 450 g/mol. The molecule has 5 heterocycles. The number of aryl methyl sites for hydroxylation is 1. The topological polar surface area (TPSA) is 109 Å². The average molecular weight is 450 g/mol. The third kappa shape index (κ3) is 3.66. The predicted molar refractivity (Wildman–Crippen MR) is 117 cm³/mol. The van der Waals surface area contributed by atoms with E-state index >= 15 is 0 Å². The van der Waals surface area contributed by atoms with Gasteiger partial charge in [0, 0.05) is 11.6 Å². The zero-order valence-electron chi connectivity index (χ0n) is 18.8. The Morgan fingerprint density at radius 2 is 1.94 bits per heavy atom. The smallest absolute Gasteiger partial charge is 0.167 e. The molecule has 1 N–H and O–H groups in total. The number of nitrogens with one attached hydrogen (secondary N) is 1. The van der Waals surface area contributed by atoms with Crippen molar-refractivity contribution in [2.75, 3.05) is 5.32 Å². The SMILES string of the molecule is Cc1conc1C#C[C@H]1O[C@@H](n2cnc3c(NC4CCCC4)ncnc32)[C@H]2OC(C)(C)O[C@@H]21. The number of nitrogens with zero attached hydrogens (tertiary/aromatic N) is 5. The summed E-state index contributed by atoms with van der Waals surface area (Å²) in [6.45, 7) is 5.69. The molecule has 2 saturated heterocycles. The second kappa shape index (κ2) is 7.80. The molecule has 3 aromatic rings. The Balaban J connectivity index is 1.33. The highest BCUT2D eigenvalue weighted by molar-refractivity contribution is 5.82. The molecule has 33 heavy (non-hydrogen) atoms. The highest BCUT2D eigenvalue weighted by Gasteiger charge is 2.56. The summed E-state index contributed by atoms with van der Waals surface area (Å²) in [4.78, 5) is 13.6. The quantitative estimate of drug-likeness (QED) is 0.602. The van der Waals surface area contributed by atoms with Crippen LogP contribution in [-0.2, 0) is 14.2 Å². The molecule has 0 radical (unpaired) electrons. The van der Waals surface area contributed by atoms with Crippen LogP contribution in [-0.4, -0.2) is 54.8 Å². The maximum Gasteiger partial charge on any atom is 0.167 e. The summed E-state index contributed by atoms with van der Waals surface area (Å²) in [5.74, 6) is 6.21. The number of hydrogen-bond acceptors (Lipinski definition) is 9. The normalized spacial score (nSPS) is 28.7. The first kappa shape index (κ1) is 20.6. The van der Waals surface area contributed by atoms with E-state index in [-0.39, 0.29) is 12.2 Å². The van der Waals surface area contributed by atoms with Crippen molar-refractivity contribution in [2.24, 2.45) is 0 Å². The molecule has 0 bridgehead atoms. The Bertz CT molecular complexity index is 1230. The van der Waals surface area contributed by atoms with Gasteiger partial charge in [-0.05, 0) is 39.5 Å². The van der Waals surface area contributed by atoms with Gasteiger partial charge < -0.3 is 24.1 Å². The summed E-state index contributed by atoms with van der Waals surface area (Å²) in [5, 5.41) is 7.47. The predicted octanol–water partition coefficient (Wildman–Crippen LogP) is 2.95. The number of hydrogen-bond donors (Lipinski definition) is 1. The van der Waals surface area contributed by atoms with Gasteiger partial charge in [-0.1, -0.05) is 23.9 Å². The van der Waals surface area contributed by atoms with Gasteiger partial charge in [0.2, 0.25) is 0 Å². The van der Waals surface area contributed by atoms with Crippen LogP contribution in [0, 0.1) is 18.8 Å². The van der Waals surface area contributed by atoms with Crippen molar-refractivity contribution in [1.29, 1.82) is 0 Å². The largest absolute Gasteiger partial charge is 0.365 e. The molecule has 0 aromatic carbocycles. The lowest BCUT2D eigenvalue weighted by molar-refractivity contribution is -0.190. The number of aromatic nitrogens is 5. The molecule has 10 nitrogen and oxygen atoms in total. The fraction of sp³-hybridized carbons (Fsp3) is 0.565. The van der Waals surface area contributed by atoms with Crippen LogP contribution in [0.5, 0.6) is 0 Å². The number of imidazole rings is 1. The Morgan fingerprint density at radius 3 is 2.73 bits per heavy atom. The summed E-state index contributed by atoms with van der Waals surface area (Å²) in [5.41, 5.74) is 2.86.